The van der Waals surface area contributed by atoms with Crippen LogP contribution in [0.2, 0.25) is 0 Å². The quantitative estimate of drug-likeness (QED) is 0.269. The van der Waals surface area contributed by atoms with Gasteiger partial charge in [0.1, 0.15) is 0 Å². The lowest BCUT2D eigenvalue weighted by atomic mass is 9.72. The maximum Gasteiger partial charge on any atom is 0.0433 e. The molecule has 152 valence electrons. The van der Waals surface area contributed by atoms with Crippen LogP contribution in [-0.2, 0) is 17.3 Å². The Balaban J connectivity index is 1.60. The first-order chi connectivity index (χ1) is 14.9. The number of rotatable bonds is 0. The van der Waals surface area contributed by atoms with Crippen LogP contribution >= 0.6 is 11.3 Å². The van der Waals surface area contributed by atoms with Gasteiger partial charge < -0.3 is 0 Å². The van der Waals surface area contributed by atoms with E-state index in [2.05, 4.69) is 88.4 Å². The Morgan fingerprint density at radius 2 is 1.48 bits per heavy atom. The molecule has 1 heterocycles. The first-order valence-electron chi connectivity index (χ1n) is 11.4. The number of hydrogen-bond acceptors (Lipinski definition) is 1. The summed E-state index contributed by atoms with van der Waals surface area (Å²) in [5, 5.41) is 1.45. The Morgan fingerprint density at radius 1 is 0.742 bits per heavy atom. The Hall–Kier alpha value is -2.64. The highest BCUT2D eigenvalue weighted by molar-refractivity contribution is 7.20. The molecule has 0 spiro atoms. The highest BCUT2D eigenvalue weighted by atomic mass is 32.1. The minimum Gasteiger partial charge on any atom is -0.139 e. The average Bonchev–Trinajstić information content (AvgIpc) is 3.34. The summed E-state index contributed by atoms with van der Waals surface area (Å²) in [5.74, 6) is 0. The van der Waals surface area contributed by atoms with Gasteiger partial charge in [-0.1, -0.05) is 88.4 Å². The largest absolute Gasteiger partial charge is 0.139 e. The van der Waals surface area contributed by atoms with Crippen LogP contribution in [0.15, 0.2) is 54.6 Å². The van der Waals surface area contributed by atoms with Crippen LogP contribution < -0.4 is 0 Å². The molecule has 3 aliphatic carbocycles. The van der Waals surface area contributed by atoms with E-state index in [1.165, 1.54) is 61.9 Å². The van der Waals surface area contributed by atoms with Crippen molar-refractivity contribution in [2.45, 2.75) is 51.4 Å². The van der Waals surface area contributed by atoms with E-state index < -0.39 is 0 Å². The molecule has 0 radical (unpaired) electrons. The van der Waals surface area contributed by atoms with E-state index in [-0.39, 0.29) is 10.8 Å². The maximum atomic E-state index is 2.44. The molecule has 31 heavy (non-hydrogen) atoms. The molecule has 0 atom stereocenters. The highest BCUT2D eigenvalue weighted by Gasteiger charge is 2.46. The first kappa shape index (κ1) is 18.0. The lowest BCUT2D eigenvalue weighted by Crippen LogP contribution is -2.24. The van der Waals surface area contributed by atoms with Crippen LogP contribution in [0.5, 0.6) is 0 Å². The Labute approximate surface area is 188 Å². The zero-order valence-electron chi connectivity index (χ0n) is 18.6. The highest BCUT2D eigenvalue weighted by Crippen LogP contribution is 2.60. The molecule has 3 aliphatic rings. The topological polar surface area (TPSA) is 0 Å². The number of benzene rings is 3. The van der Waals surface area contributed by atoms with E-state index in [0.29, 0.717) is 0 Å². The molecule has 0 amide bonds. The summed E-state index contributed by atoms with van der Waals surface area (Å²) in [6.07, 6.45) is 7.05. The molecule has 4 aromatic rings. The van der Waals surface area contributed by atoms with Crippen LogP contribution in [0.1, 0.15) is 66.8 Å². The van der Waals surface area contributed by atoms with Crippen molar-refractivity contribution in [3.8, 4) is 22.3 Å². The number of fused-ring (bicyclic) bond motifs is 11. The lowest BCUT2D eigenvalue weighted by molar-refractivity contribution is 0.601. The summed E-state index contributed by atoms with van der Waals surface area (Å²) in [6, 6.07) is 18.7. The van der Waals surface area contributed by atoms with Gasteiger partial charge in [-0.3, -0.25) is 0 Å². The normalized spacial score (nSPS) is 18.5. The molecule has 1 aromatic heterocycles. The van der Waals surface area contributed by atoms with Crippen molar-refractivity contribution in [2.75, 3.05) is 0 Å². The van der Waals surface area contributed by atoms with Crippen molar-refractivity contribution in [1.29, 1.82) is 0 Å². The van der Waals surface area contributed by atoms with Crippen molar-refractivity contribution < 1.29 is 0 Å². The Morgan fingerprint density at radius 3 is 2.35 bits per heavy atom. The number of hydrogen-bond donors (Lipinski definition) is 0. The van der Waals surface area contributed by atoms with Crippen molar-refractivity contribution in [3.05, 3.63) is 87.3 Å². The summed E-state index contributed by atoms with van der Waals surface area (Å²) < 4.78 is 1.49. The fraction of sp³-hybridized carbons (Fsp3) is 0.267. The van der Waals surface area contributed by atoms with Gasteiger partial charge in [-0.2, -0.15) is 0 Å². The molecule has 7 rings (SSSR count). The van der Waals surface area contributed by atoms with Gasteiger partial charge in [0.05, 0.1) is 0 Å². The standard InChI is InChI=1S/C30H26S/c1-29(2)22-11-7-5-9-17(22)19-13-14-21-25-23(30(3,4)27(21)26(19)29)16-15-20-18-10-6-8-12-24(18)31-28(20)25/h5-7,9-11,13-16H,8,12H2,1-4H3. The van der Waals surface area contributed by atoms with Gasteiger partial charge in [0.15, 0.2) is 0 Å². The van der Waals surface area contributed by atoms with Crippen molar-refractivity contribution >= 4 is 27.5 Å². The van der Waals surface area contributed by atoms with Crippen LogP contribution in [0.3, 0.4) is 0 Å². The van der Waals surface area contributed by atoms with Crippen LogP contribution in [0.4, 0.5) is 0 Å². The fourth-order valence-corrected chi connectivity index (χ4v) is 8.03. The molecule has 0 bridgehead atoms. The van der Waals surface area contributed by atoms with Crippen LogP contribution in [0, 0.1) is 0 Å². The maximum absolute atomic E-state index is 2.44. The van der Waals surface area contributed by atoms with Gasteiger partial charge in [-0.05, 0) is 57.3 Å². The van der Waals surface area contributed by atoms with Crippen molar-refractivity contribution in [1.82, 2.24) is 0 Å². The average molecular weight is 419 g/mol. The molecular weight excluding hydrogens is 392 g/mol. The van der Waals surface area contributed by atoms with E-state index >= 15 is 0 Å². The van der Waals surface area contributed by atoms with E-state index in [4.69, 9.17) is 0 Å². The third kappa shape index (κ3) is 2.02. The summed E-state index contributed by atoms with van der Waals surface area (Å²) >= 11 is 2.04. The van der Waals surface area contributed by atoms with E-state index in [0.717, 1.165) is 0 Å². The van der Waals surface area contributed by atoms with Crippen LogP contribution in [-0.4, -0.2) is 0 Å². The molecule has 3 aromatic carbocycles. The third-order valence-corrected chi connectivity index (χ3v) is 9.38. The van der Waals surface area contributed by atoms with Gasteiger partial charge in [-0.25, -0.2) is 0 Å². The summed E-state index contributed by atoms with van der Waals surface area (Å²) in [5.41, 5.74) is 13.4. The molecule has 0 saturated heterocycles. The first-order valence-corrected chi connectivity index (χ1v) is 12.3. The van der Waals surface area contributed by atoms with Gasteiger partial charge >= 0.3 is 0 Å². The number of aryl methyl sites for hydroxylation is 1. The van der Waals surface area contributed by atoms with Gasteiger partial charge in [-0.15, -0.1) is 11.3 Å². The molecule has 0 nitrogen and oxygen atoms in total. The molecule has 1 heteroatoms. The minimum atomic E-state index is 0.00382. The zero-order chi connectivity index (χ0) is 21.1. The SMILES string of the molecule is CC1(C)c2ccccc2-c2ccc3c(c21)C(C)(C)c1ccc2c4c(sc2c1-3)CCC=C4. The van der Waals surface area contributed by atoms with Crippen molar-refractivity contribution in [3.63, 3.8) is 0 Å². The van der Waals surface area contributed by atoms with Crippen LogP contribution in [0.25, 0.3) is 38.4 Å². The second kappa shape index (κ2) is 5.58. The minimum absolute atomic E-state index is 0.00382. The van der Waals surface area contributed by atoms with Gasteiger partial charge in [0, 0.05) is 31.4 Å². The summed E-state index contributed by atoms with van der Waals surface area (Å²) in [6.45, 7) is 9.72. The molecule has 0 N–H and O–H groups in total. The lowest BCUT2D eigenvalue weighted by Gasteiger charge is -2.30. The number of thiophene rings is 1. The smallest absolute Gasteiger partial charge is 0.0433 e. The molecule has 0 saturated carbocycles. The Bertz CT molecular complexity index is 1470. The number of allylic oxidation sites excluding steroid dienone is 1. The fourth-order valence-electron chi connectivity index (χ4n) is 6.67. The van der Waals surface area contributed by atoms with E-state index in [1.54, 1.807) is 16.0 Å². The van der Waals surface area contributed by atoms with Gasteiger partial charge in [0.2, 0.25) is 0 Å². The second-order valence-corrected chi connectivity index (χ2v) is 11.6. The second-order valence-electron chi connectivity index (χ2n) is 10.5. The zero-order valence-corrected chi connectivity index (χ0v) is 19.4. The summed E-state index contributed by atoms with van der Waals surface area (Å²) in [4.78, 5) is 1.56. The predicted molar refractivity (Wildman–Crippen MR) is 134 cm³/mol. The summed E-state index contributed by atoms with van der Waals surface area (Å²) in [7, 11) is 0. The van der Waals surface area contributed by atoms with Crippen molar-refractivity contribution in [2.24, 2.45) is 0 Å². The molecule has 0 aliphatic heterocycles. The predicted octanol–water partition coefficient (Wildman–Crippen LogP) is 8.47. The molecule has 0 fully saturated rings. The molecular formula is C30H26S. The molecule has 0 unspecified atom stereocenters. The van der Waals surface area contributed by atoms with E-state index in [9.17, 15) is 0 Å². The van der Waals surface area contributed by atoms with Gasteiger partial charge in [0.25, 0.3) is 0 Å². The van der Waals surface area contributed by atoms with E-state index in [1.807, 2.05) is 11.3 Å². The Kier molecular flexibility index (Phi) is 3.24. The third-order valence-electron chi connectivity index (χ3n) is 8.08. The monoisotopic (exact) mass is 418 g/mol.